The van der Waals surface area contributed by atoms with Crippen molar-refractivity contribution >= 4 is 5.97 Å². The highest BCUT2D eigenvalue weighted by atomic mass is 16.5. The van der Waals surface area contributed by atoms with Crippen LogP contribution in [0.15, 0.2) is 10.2 Å². The number of hydrogen-bond donors (Lipinski definition) is 0. The lowest BCUT2D eigenvalue weighted by Gasteiger charge is -2.09. The molecule has 11 heavy (non-hydrogen) atoms. The highest BCUT2D eigenvalue weighted by Crippen LogP contribution is 2.10. The molecule has 0 aromatic rings. The zero-order valence-electron chi connectivity index (χ0n) is 6.78. The molecule has 0 saturated heterocycles. The van der Waals surface area contributed by atoms with E-state index < -0.39 is 0 Å². The van der Waals surface area contributed by atoms with Crippen LogP contribution in [-0.2, 0) is 9.53 Å². The molecule has 1 unspecified atom stereocenters. The molecule has 62 valence electrons. The van der Waals surface area contributed by atoms with Crippen LogP contribution in [0.2, 0.25) is 0 Å². The van der Waals surface area contributed by atoms with Gasteiger partial charge in [-0.3, -0.25) is 0 Å². The average Bonchev–Trinajstić information content (AvgIpc) is 2.35. The summed E-state index contributed by atoms with van der Waals surface area (Å²) in [4.78, 5) is 11.1. The van der Waals surface area contributed by atoms with Gasteiger partial charge in [-0.25, -0.2) is 4.79 Å². The summed E-state index contributed by atoms with van der Waals surface area (Å²) < 4.78 is 4.94. The first-order valence-corrected chi connectivity index (χ1v) is 3.77. The molecule has 0 N–H and O–H groups in total. The Balaban J connectivity index is 2.35. The van der Waals surface area contributed by atoms with Crippen LogP contribution in [0.4, 0.5) is 0 Å². The van der Waals surface area contributed by atoms with Gasteiger partial charge in [0.2, 0.25) is 0 Å². The van der Waals surface area contributed by atoms with E-state index in [1.165, 1.54) is 0 Å². The monoisotopic (exact) mass is 156 g/mol. The average molecular weight is 156 g/mol. The van der Waals surface area contributed by atoms with Crippen molar-refractivity contribution in [3.8, 4) is 0 Å². The second-order valence-electron chi connectivity index (χ2n) is 2.77. The van der Waals surface area contributed by atoms with Gasteiger partial charge in [-0.1, -0.05) is 0 Å². The Morgan fingerprint density at radius 3 is 2.82 bits per heavy atom. The lowest BCUT2D eigenvalue weighted by atomic mass is 10.2. The van der Waals surface area contributed by atoms with Crippen LogP contribution in [0.3, 0.4) is 0 Å². The van der Waals surface area contributed by atoms with Crippen molar-refractivity contribution in [1.82, 2.24) is 0 Å². The fourth-order valence-corrected chi connectivity index (χ4v) is 0.870. The number of rotatable bonds is 2. The number of carbonyl (C=O) groups is 1. The highest BCUT2D eigenvalue weighted by molar-refractivity contribution is 5.76. The molecule has 0 spiro atoms. The Hall–Kier alpha value is -0.930. The summed E-state index contributed by atoms with van der Waals surface area (Å²) in [6, 6.07) is -0.336. The van der Waals surface area contributed by atoms with E-state index >= 15 is 0 Å². The smallest absolute Gasteiger partial charge is 0.333 e. The second-order valence-corrected chi connectivity index (χ2v) is 2.77. The van der Waals surface area contributed by atoms with Crippen molar-refractivity contribution in [2.75, 3.05) is 6.54 Å². The van der Waals surface area contributed by atoms with Gasteiger partial charge < -0.3 is 4.74 Å². The molecule has 1 rings (SSSR count). The van der Waals surface area contributed by atoms with Gasteiger partial charge in [-0.15, -0.1) is 0 Å². The highest BCUT2D eigenvalue weighted by Gasteiger charge is 2.23. The molecule has 0 aliphatic carbocycles. The summed E-state index contributed by atoms with van der Waals surface area (Å²) in [5, 5.41) is 7.46. The van der Waals surface area contributed by atoms with Crippen molar-refractivity contribution in [2.24, 2.45) is 10.2 Å². The van der Waals surface area contributed by atoms with Gasteiger partial charge >= 0.3 is 5.97 Å². The normalized spacial score (nSPS) is 22.6. The van der Waals surface area contributed by atoms with E-state index in [1.54, 1.807) is 0 Å². The molecule has 1 aliphatic heterocycles. The van der Waals surface area contributed by atoms with Crippen molar-refractivity contribution in [3.63, 3.8) is 0 Å². The van der Waals surface area contributed by atoms with Crippen LogP contribution in [0.5, 0.6) is 0 Å². The van der Waals surface area contributed by atoms with Gasteiger partial charge in [0.15, 0.2) is 6.04 Å². The minimum Gasteiger partial charge on any atom is -0.461 e. The number of esters is 1. The molecular formula is C7H12N2O2. The largest absolute Gasteiger partial charge is 0.461 e. The lowest BCUT2D eigenvalue weighted by molar-refractivity contribution is -0.148. The molecule has 0 bridgehead atoms. The lowest BCUT2D eigenvalue weighted by Crippen LogP contribution is -2.22. The number of nitrogens with zero attached hydrogens (tertiary/aromatic N) is 2. The van der Waals surface area contributed by atoms with Gasteiger partial charge in [-0.2, -0.15) is 10.2 Å². The maximum atomic E-state index is 11.1. The molecule has 0 amide bonds. The third-order valence-electron chi connectivity index (χ3n) is 1.35. The molecule has 1 heterocycles. The van der Waals surface area contributed by atoms with Crippen LogP contribution >= 0.6 is 0 Å². The Morgan fingerprint density at radius 2 is 2.36 bits per heavy atom. The standard InChI is InChI=1S/C7H12N2O2/c1-5(2)11-7(10)6-3-4-8-9-6/h5-6H,3-4H2,1-2H3. The molecule has 4 heteroatoms. The van der Waals surface area contributed by atoms with E-state index in [0.29, 0.717) is 13.0 Å². The molecule has 0 radical (unpaired) electrons. The molecule has 0 aromatic carbocycles. The first kappa shape index (κ1) is 8.17. The topological polar surface area (TPSA) is 51.0 Å². The number of ether oxygens (including phenoxy) is 1. The van der Waals surface area contributed by atoms with Crippen molar-refractivity contribution in [3.05, 3.63) is 0 Å². The van der Waals surface area contributed by atoms with Crippen molar-refractivity contribution in [2.45, 2.75) is 32.4 Å². The number of carbonyl (C=O) groups excluding carboxylic acids is 1. The van der Waals surface area contributed by atoms with Crippen LogP contribution < -0.4 is 0 Å². The maximum Gasteiger partial charge on any atom is 0.333 e. The molecule has 4 nitrogen and oxygen atoms in total. The van der Waals surface area contributed by atoms with E-state index in [1.807, 2.05) is 13.8 Å². The zero-order chi connectivity index (χ0) is 8.27. The van der Waals surface area contributed by atoms with Gasteiger partial charge in [-0.05, 0) is 13.8 Å². The molecule has 0 aromatic heterocycles. The quantitative estimate of drug-likeness (QED) is 0.563. The second kappa shape index (κ2) is 3.46. The van der Waals surface area contributed by atoms with Crippen LogP contribution in [-0.4, -0.2) is 24.7 Å². The summed E-state index contributed by atoms with van der Waals surface area (Å²) in [6.07, 6.45) is 0.643. The first-order chi connectivity index (χ1) is 5.20. The summed E-state index contributed by atoms with van der Waals surface area (Å²) in [7, 11) is 0. The van der Waals surface area contributed by atoms with Crippen LogP contribution in [0.1, 0.15) is 20.3 Å². The van der Waals surface area contributed by atoms with E-state index in [4.69, 9.17) is 4.74 Å². The Kier molecular flexibility index (Phi) is 2.57. The van der Waals surface area contributed by atoms with Gasteiger partial charge in [0.05, 0.1) is 12.6 Å². The molecule has 1 atom stereocenters. The molecule has 0 saturated carbocycles. The van der Waals surface area contributed by atoms with Crippen LogP contribution in [0, 0.1) is 0 Å². The predicted octanol–water partition coefficient (Wildman–Crippen LogP) is 1.16. The number of azo groups is 1. The first-order valence-electron chi connectivity index (χ1n) is 3.77. The van der Waals surface area contributed by atoms with Crippen LogP contribution in [0.25, 0.3) is 0 Å². The van der Waals surface area contributed by atoms with Gasteiger partial charge in [0.1, 0.15) is 0 Å². The van der Waals surface area contributed by atoms with E-state index in [9.17, 15) is 4.79 Å². The molecule has 1 aliphatic rings. The minimum absolute atomic E-state index is 0.0571. The van der Waals surface area contributed by atoms with E-state index in [2.05, 4.69) is 10.2 Å². The molecular weight excluding hydrogens is 144 g/mol. The third-order valence-corrected chi connectivity index (χ3v) is 1.35. The van der Waals surface area contributed by atoms with E-state index in [0.717, 1.165) is 0 Å². The van der Waals surface area contributed by atoms with Crippen molar-refractivity contribution in [1.29, 1.82) is 0 Å². The van der Waals surface area contributed by atoms with Crippen molar-refractivity contribution < 1.29 is 9.53 Å². The third kappa shape index (κ3) is 2.29. The summed E-state index contributed by atoms with van der Waals surface area (Å²) >= 11 is 0. The summed E-state index contributed by atoms with van der Waals surface area (Å²) in [5.41, 5.74) is 0. The fourth-order valence-electron chi connectivity index (χ4n) is 0.870. The molecule has 0 fully saturated rings. The zero-order valence-corrected chi connectivity index (χ0v) is 6.78. The Morgan fingerprint density at radius 1 is 1.64 bits per heavy atom. The fraction of sp³-hybridized carbons (Fsp3) is 0.857. The SMILES string of the molecule is CC(C)OC(=O)C1CCN=N1. The van der Waals surface area contributed by atoms with Gasteiger partial charge in [0, 0.05) is 6.42 Å². The Labute approximate surface area is 65.6 Å². The minimum atomic E-state index is -0.336. The Bertz CT molecular complexity index is 177. The van der Waals surface area contributed by atoms with E-state index in [-0.39, 0.29) is 18.1 Å². The number of hydrogen-bond acceptors (Lipinski definition) is 4. The predicted molar refractivity (Wildman–Crippen MR) is 39.4 cm³/mol. The summed E-state index contributed by atoms with van der Waals surface area (Å²) in [6.45, 7) is 4.30. The van der Waals surface area contributed by atoms with Gasteiger partial charge in [0.25, 0.3) is 0 Å². The maximum absolute atomic E-state index is 11.1. The summed E-state index contributed by atoms with van der Waals surface area (Å²) in [5.74, 6) is -0.249.